The first-order valence-corrected chi connectivity index (χ1v) is 12.3. The van der Waals surface area contributed by atoms with E-state index in [2.05, 4.69) is 30.2 Å². The number of alkyl carbamates (subject to hydrolysis) is 1. The lowest BCUT2D eigenvalue weighted by atomic mass is 9.95. The Kier molecular flexibility index (Phi) is 11.8. The SMILES string of the molecule is CCCCNC(=O)C(c1cccc(C)c1C)N(CCC)C(=O)C(CS)NC(=O)OC(C)(C)C. The highest BCUT2D eigenvalue weighted by atomic mass is 32.1. The van der Waals surface area contributed by atoms with Crippen molar-refractivity contribution in [2.75, 3.05) is 18.8 Å². The highest BCUT2D eigenvalue weighted by Gasteiger charge is 2.36. The Bertz CT molecular complexity index is 807. The van der Waals surface area contributed by atoms with Crippen molar-refractivity contribution >= 4 is 30.5 Å². The molecule has 0 saturated carbocycles. The number of benzene rings is 1. The molecule has 2 atom stereocenters. The van der Waals surface area contributed by atoms with Crippen molar-refractivity contribution in [3.05, 3.63) is 34.9 Å². The van der Waals surface area contributed by atoms with Gasteiger partial charge in [0.25, 0.3) is 0 Å². The van der Waals surface area contributed by atoms with Gasteiger partial charge in [-0.3, -0.25) is 9.59 Å². The van der Waals surface area contributed by atoms with Crippen molar-refractivity contribution < 1.29 is 19.1 Å². The maximum Gasteiger partial charge on any atom is 0.408 e. The second-order valence-corrected chi connectivity index (χ2v) is 9.61. The van der Waals surface area contributed by atoms with E-state index in [0.717, 1.165) is 29.5 Å². The van der Waals surface area contributed by atoms with Gasteiger partial charge in [0.05, 0.1) is 0 Å². The number of carbonyl (C=O) groups excluding carboxylic acids is 3. The summed E-state index contributed by atoms with van der Waals surface area (Å²) in [5.41, 5.74) is 2.09. The third-order valence-corrected chi connectivity index (χ3v) is 5.62. The summed E-state index contributed by atoms with van der Waals surface area (Å²) in [6, 6.07) is 4.03. The summed E-state index contributed by atoms with van der Waals surface area (Å²) in [6.45, 7) is 14.1. The van der Waals surface area contributed by atoms with Gasteiger partial charge in [0.2, 0.25) is 11.8 Å². The fraction of sp³-hybridized carbons (Fsp3) is 0.640. The lowest BCUT2D eigenvalue weighted by Crippen LogP contribution is -2.54. The summed E-state index contributed by atoms with van der Waals surface area (Å²) < 4.78 is 5.32. The van der Waals surface area contributed by atoms with Crippen molar-refractivity contribution in [2.45, 2.75) is 85.4 Å². The minimum Gasteiger partial charge on any atom is -0.444 e. The van der Waals surface area contributed by atoms with Gasteiger partial charge in [-0.15, -0.1) is 0 Å². The molecule has 1 aromatic rings. The molecule has 33 heavy (non-hydrogen) atoms. The summed E-state index contributed by atoms with van der Waals surface area (Å²) in [7, 11) is 0. The monoisotopic (exact) mass is 479 g/mol. The average molecular weight is 480 g/mol. The second-order valence-electron chi connectivity index (χ2n) is 9.25. The number of hydrogen-bond donors (Lipinski definition) is 3. The van der Waals surface area contributed by atoms with Crippen LogP contribution in [-0.2, 0) is 14.3 Å². The zero-order chi connectivity index (χ0) is 25.2. The Labute approximate surface area is 204 Å². The van der Waals surface area contributed by atoms with E-state index in [0.29, 0.717) is 19.5 Å². The van der Waals surface area contributed by atoms with Crippen LogP contribution < -0.4 is 10.6 Å². The topological polar surface area (TPSA) is 87.7 Å². The molecule has 2 unspecified atom stereocenters. The van der Waals surface area contributed by atoms with E-state index in [1.165, 1.54) is 0 Å². The van der Waals surface area contributed by atoms with Gasteiger partial charge in [0.1, 0.15) is 17.7 Å². The molecule has 0 heterocycles. The maximum atomic E-state index is 13.6. The lowest BCUT2D eigenvalue weighted by Gasteiger charge is -2.35. The zero-order valence-electron chi connectivity index (χ0n) is 21.2. The first-order valence-electron chi connectivity index (χ1n) is 11.7. The molecular formula is C25H41N3O4S. The molecule has 186 valence electrons. The molecule has 0 bridgehead atoms. The highest BCUT2D eigenvalue weighted by molar-refractivity contribution is 7.80. The fourth-order valence-corrected chi connectivity index (χ4v) is 3.70. The molecule has 0 aliphatic rings. The van der Waals surface area contributed by atoms with Crippen LogP contribution in [0.2, 0.25) is 0 Å². The van der Waals surface area contributed by atoms with Gasteiger partial charge in [0, 0.05) is 18.8 Å². The van der Waals surface area contributed by atoms with Gasteiger partial charge in [-0.2, -0.15) is 12.6 Å². The van der Waals surface area contributed by atoms with Gasteiger partial charge < -0.3 is 20.3 Å². The normalized spacial score (nSPS) is 13.1. The number of hydrogen-bond acceptors (Lipinski definition) is 5. The lowest BCUT2D eigenvalue weighted by molar-refractivity contribution is -0.142. The van der Waals surface area contributed by atoms with Crippen LogP contribution in [0, 0.1) is 13.8 Å². The fourth-order valence-electron chi connectivity index (χ4n) is 3.45. The van der Waals surface area contributed by atoms with E-state index in [-0.39, 0.29) is 17.6 Å². The average Bonchev–Trinajstić information content (AvgIpc) is 2.73. The molecule has 2 N–H and O–H groups in total. The van der Waals surface area contributed by atoms with Crippen molar-refractivity contribution in [3.8, 4) is 0 Å². The Morgan fingerprint density at radius 3 is 2.33 bits per heavy atom. The molecule has 0 radical (unpaired) electrons. The van der Waals surface area contributed by atoms with Crippen molar-refractivity contribution in [2.24, 2.45) is 0 Å². The number of amides is 3. The molecule has 3 amide bonds. The van der Waals surface area contributed by atoms with E-state index < -0.39 is 23.8 Å². The van der Waals surface area contributed by atoms with Gasteiger partial charge in [-0.25, -0.2) is 4.79 Å². The third kappa shape index (κ3) is 8.91. The molecule has 0 saturated heterocycles. The zero-order valence-corrected chi connectivity index (χ0v) is 22.1. The molecule has 0 aliphatic heterocycles. The summed E-state index contributed by atoms with van der Waals surface area (Å²) >= 11 is 4.30. The molecule has 7 nitrogen and oxygen atoms in total. The van der Waals surface area contributed by atoms with E-state index in [1.54, 1.807) is 25.7 Å². The van der Waals surface area contributed by atoms with E-state index in [4.69, 9.17) is 4.74 Å². The van der Waals surface area contributed by atoms with E-state index in [1.807, 2.05) is 39.0 Å². The van der Waals surface area contributed by atoms with E-state index in [9.17, 15) is 14.4 Å². The second kappa shape index (κ2) is 13.5. The predicted molar refractivity (Wildman–Crippen MR) is 136 cm³/mol. The van der Waals surface area contributed by atoms with Crippen molar-refractivity contribution in [1.82, 2.24) is 15.5 Å². The Hall–Kier alpha value is -2.22. The van der Waals surface area contributed by atoms with E-state index >= 15 is 0 Å². The number of carbonyl (C=O) groups is 3. The maximum absolute atomic E-state index is 13.6. The van der Waals surface area contributed by atoms with Crippen molar-refractivity contribution in [3.63, 3.8) is 0 Å². The Morgan fingerprint density at radius 1 is 1.12 bits per heavy atom. The molecule has 1 rings (SSSR count). The van der Waals surface area contributed by atoms with Crippen LogP contribution in [0.1, 0.15) is 76.6 Å². The molecule has 0 aliphatic carbocycles. The smallest absolute Gasteiger partial charge is 0.408 e. The number of thiol groups is 1. The van der Waals surface area contributed by atoms with Crippen LogP contribution >= 0.6 is 12.6 Å². The Balaban J connectivity index is 3.35. The standard InChI is InChI=1S/C25H41N3O4S/c1-8-10-14-26-22(29)21(19-13-11-12-17(3)18(19)4)28(15-9-2)23(30)20(16-33)27-24(31)32-25(5,6)7/h11-13,20-21,33H,8-10,14-16H2,1-7H3,(H,26,29)(H,27,31). The van der Waals surface area contributed by atoms with Crippen LogP contribution in [-0.4, -0.2) is 53.3 Å². The van der Waals surface area contributed by atoms with Crippen LogP contribution in [0.3, 0.4) is 0 Å². The third-order valence-electron chi connectivity index (χ3n) is 5.25. The first kappa shape index (κ1) is 28.8. The number of nitrogens with one attached hydrogen (secondary N) is 2. The molecule has 0 fully saturated rings. The van der Waals surface area contributed by atoms with Gasteiger partial charge >= 0.3 is 6.09 Å². The predicted octanol–water partition coefficient (Wildman–Crippen LogP) is 4.32. The van der Waals surface area contributed by atoms with Gasteiger partial charge in [0.15, 0.2) is 0 Å². The molecule has 8 heteroatoms. The minimum atomic E-state index is -0.925. The largest absolute Gasteiger partial charge is 0.444 e. The summed E-state index contributed by atoms with van der Waals surface area (Å²) in [5, 5.41) is 5.61. The minimum absolute atomic E-state index is 0.0786. The molecule has 0 aromatic heterocycles. The Morgan fingerprint density at radius 2 is 1.79 bits per heavy atom. The number of nitrogens with zero attached hydrogens (tertiary/aromatic N) is 1. The highest BCUT2D eigenvalue weighted by Crippen LogP contribution is 2.27. The van der Waals surface area contributed by atoms with Gasteiger partial charge in [-0.1, -0.05) is 38.5 Å². The number of rotatable bonds is 11. The van der Waals surface area contributed by atoms with Gasteiger partial charge in [-0.05, 0) is 64.2 Å². The number of aryl methyl sites for hydroxylation is 1. The van der Waals surface area contributed by atoms with Crippen LogP contribution in [0.4, 0.5) is 4.79 Å². The molecule has 0 spiro atoms. The summed E-state index contributed by atoms with van der Waals surface area (Å²) in [6.07, 6.45) is 1.77. The first-order chi connectivity index (χ1) is 15.5. The van der Waals surface area contributed by atoms with Crippen LogP contribution in [0.5, 0.6) is 0 Å². The summed E-state index contributed by atoms with van der Waals surface area (Å²) in [4.78, 5) is 40.9. The number of unbranched alkanes of at least 4 members (excludes halogenated alkanes) is 1. The summed E-state index contributed by atoms with van der Waals surface area (Å²) in [5.74, 6) is -0.515. The van der Waals surface area contributed by atoms with Crippen LogP contribution in [0.25, 0.3) is 0 Å². The molecular weight excluding hydrogens is 438 g/mol. The number of ether oxygens (including phenoxy) is 1. The molecule has 1 aromatic carbocycles. The van der Waals surface area contributed by atoms with Crippen molar-refractivity contribution in [1.29, 1.82) is 0 Å². The van der Waals surface area contributed by atoms with Crippen LogP contribution in [0.15, 0.2) is 18.2 Å². The quantitative estimate of drug-likeness (QED) is 0.326.